The smallest absolute Gasteiger partial charge is 0.349 e. The van der Waals surface area contributed by atoms with Crippen LogP contribution < -0.4 is 5.32 Å². The van der Waals surface area contributed by atoms with Gasteiger partial charge in [-0.05, 0) is 37.6 Å². The van der Waals surface area contributed by atoms with Crippen molar-refractivity contribution in [2.75, 3.05) is 6.54 Å². The SMILES string of the molecule is C=CCNC(=O)[C@@H](C)OC(=O)c1cc2c(C)nn(Cc3ccc(Cl)cc3)c2s1. The molecular weight excluding hydrogens is 398 g/mol. The van der Waals surface area contributed by atoms with Crippen LogP contribution in [0.2, 0.25) is 5.02 Å². The van der Waals surface area contributed by atoms with Crippen LogP contribution >= 0.6 is 22.9 Å². The van der Waals surface area contributed by atoms with Crippen LogP contribution in [0.5, 0.6) is 0 Å². The average molecular weight is 418 g/mol. The summed E-state index contributed by atoms with van der Waals surface area (Å²) in [6, 6.07) is 9.31. The summed E-state index contributed by atoms with van der Waals surface area (Å²) in [5, 5.41) is 8.74. The first-order chi connectivity index (χ1) is 13.4. The molecule has 146 valence electrons. The van der Waals surface area contributed by atoms with E-state index in [2.05, 4.69) is 17.0 Å². The fraction of sp³-hybridized carbons (Fsp3) is 0.250. The lowest BCUT2D eigenvalue weighted by Gasteiger charge is -2.11. The number of aryl methyl sites for hydroxylation is 1. The summed E-state index contributed by atoms with van der Waals surface area (Å²) in [6.07, 6.45) is 0.678. The van der Waals surface area contributed by atoms with E-state index in [1.807, 2.05) is 35.9 Å². The number of esters is 1. The fourth-order valence-corrected chi connectivity index (χ4v) is 3.84. The van der Waals surface area contributed by atoms with Crippen LogP contribution in [-0.4, -0.2) is 34.3 Å². The number of ether oxygens (including phenoxy) is 1. The molecule has 0 radical (unpaired) electrons. The second-order valence-electron chi connectivity index (χ2n) is 6.28. The van der Waals surface area contributed by atoms with Crippen LogP contribution in [0.1, 0.15) is 27.9 Å². The minimum absolute atomic E-state index is 0.323. The van der Waals surface area contributed by atoms with E-state index in [1.165, 1.54) is 18.3 Å². The minimum Gasteiger partial charge on any atom is -0.448 e. The van der Waals surface area contributed by atoms with Crippen molar-refractivity contribution in [2.24, 2.45) is 0 Å². The largest absolute Gasteiger partial charge is 0.448 e. The van der Waals surface area contributed by atoms with Gasteiger partial charge in [0.2, 0.25) is 0 Å². The number of carbonyl (C=O) groups excluding carboxylic acids is 2. The highest BCUT2D eigenvalue weighted by atomic mass is 35.5. The molecule has 8 heteroatoms. The van der Waals surface area contributed by atoms with Gasteiger partial charge in [-0.15, -0.1) is 17.9 Å². The Balaban J connectivity index is 1.78. The number of halogens is 1. The Morgan fingerprint density at radius 2 is 2.11 bits per heavy atom. The minimum atomic E-state index is -0.885. The van der Waals surface area contributed by atoms with Gasteiger partial charge in [0, 0.05) is 17.0 Å². The van der Waals surface area contributed by atoms with Gasteiger partial charge in [0.1, 0.15) is 9.71 Å². The number of amides is 1. The number of thiophene rings is 1. The highest BCUT2D eigenvalue weighted by molar-refractivity contribution is 7.20. The standard InChI is InChI=1S/C20H20ClN3O3S/c1-4-9-22-18(25)13(3)27-20(26)17-10-16-12(2)23-24(19(16)28-17)11-14-5-7-15(21)8-6-14/h4-8,10,13H,1,9,11H2,2-3H3,(H,22,25)/t13-/m1/s1. The van der Waals surface area contributed by atoms with Gasteiger partial charge in [-0.3, -0.25) is 9.48 Å². The van der Waals surface area contributed by atoms with Crippen molar-refractivity contribution in [1.82, 2.24) is 15.1 Å². The zero-order chi connectivity index (χ0) is 20.3. The predicted molar refractivity (Wildman–Crippen MR) is 111 cm³/mol. The van der Waals surface area contributed by atoms with Crippen LogP contribution in [0.3, 0.4) is 0 Å². The fourth-order valence-electron chi connectivity index (χ4n) is 2.67. The van der Waals surface area contributed by atoms with E-state index < -0.39 is 12.1 Å². The van der Waals surface area contributed by atoms with Crippen LogP contribution in [0.4, 0.5) is 0 Å². The molecule has 1 amide bonds. The quantitative estimate of drug-likeness (QED) is 0.466. The van der Waals surface area contributed by atoms with Crippen LogP contribution in [-0.2, 0) is 16.1 Å². The van der Waals surface area contributed by atoms with Crippen molar-refractivity contribution >= 4 is 45.0 Å². The molecule has 0 aliphatic heterocycles. The molecule has 6 nitrogen and oxygen atoms in total. The number of aromatic nitrogens is 2. The monoisotopic (exact) mass is 417 g/mol. The van der Waals surface area contributed by atoms with E-state index in [-0.39, 0.29) is 5.91 Å². The zero-order valence-electron chi connectivity index (χ0n) is 15.6. The van der Waals surface area contributed by atoms with Crippen molar-refractivity contribution in [1.29, 1.82) is 0 Å². The molecule has 0 saturated heterocycles. The lowest BCUT2D eigenvalue weighted by atomic mass is 10.2. The number of benzene rings is 1. The maximum Gasteiger partial charge on any atom is 0.349 e. The van der Waals surface area contributed by atoms with Gasteiger partial charge in [0.05, 0.1) is 12.2 Å². The number of hydrogen-bond acceptors (Lipinski definition) is 5. The van der Waals surface area contributed by atoms with E-state index in [0.29, 0.717) is 23.0 Å². The van der Waals surface area contributed by atoms with Crippen molar-refractivity contribution in [3.63, 3.8) is 0 Å². The first-order valence-electron chi connectivity index (χ1n) is 8.70. The molecule has 0 unspecified atom stereocenters. The van der Waals surface area contributed by atoms with Crippen LogP contribution in [0.15, 0.2) is 43.0 Å². The van der Waals surface area contributed by atoms with E-state index in [9.17, 15) is 9.59 Å². The number of nitrogens with zero attached hydrogens (tertiary/aromatic N) is 2. The summed E-state index contributed by atoms with van der Waals surface area (Å²) in [6.45, 7) is 7.86. The lowest BCUT2D eigenvalue weighted by molar-refractivity contribution is -0.128. The maximum absolute atomic E-state index is 12.5. The summed E-state index contributed by atoms with van der Waals surface area (Å²) in [7, 11) is 0. The first kappa shape index (κ1) is 20.1. The second-order valence-corrected chi connectivity index (χ2v) is 7.75. The summed E-state index contributed by atoms with van der Waals surface area (Å²) in [5.74, 6) is -0.889. The summed E-state index contributed by atoms with van der Waals surface area (Å²) in [5.41, 5.74) is 1.88. The third-order valence-electron chi connectivity index (χ3n) is 4.13. The van der Waals surface area contributed by atoms with Gasteiger partial charge < -0.3 is 10.1 Å². The maximum atomic E-state index is 12.5. The highest BCUT2D eigenvalue weighted by Gasteiger charge is 2.22. The number of hydrogen-bond donors (Lipinski definition) is 1. The molecule has 0 aliphatic carbocycles. The van der Waals surface area contributed by atoms with E-state index >= 15 is 0 Å². The Morgan fingerprint density at radius 3 is 2.79 bits per heavy atom. The molecule has 0 fully saturated rings. The predicted octanol–water partition coefficient (Wildman–Crippen LogP) is 3.96. The molecule has 0 spiro atoms. The molecule has 2 heterocycles. The molecule has 2 aromatic heterocycles. The molecule has 3 aromatic rings. The Hall–Kier alpha value is -2.64. The summed E-state index contributed by atoms with van der Waals surface area (Å²) >= 11 is 7.24. The van der Waals surface area contributed by atoms with Crippen LogP contribution in [0.25, 0.3) is 10.2 Å². The molecule has 1 aromatic carbocycles. The number of carbonyl (C=O) groups is 2. The van der Waals surface area contributed by atoms with Crippen molar-refractivity contribution in [3.8, 4) is 0 Å². The first-order valence-corrected chi connectivity index (χ1v) is 9.89. The number of rotatable bonds is 7. The van der Waals surface area contributed by atoms with Gasteiger partial charge in [-0.25, -0.2) is 4.79 Å². The summed E-state index contributed by atoms with van der Waals surface area (Å²) < 4.78 is 7.14. The Kier molecular flexibility index (Phi) is 6.16. The van der Waals surface area contributed by atoms with Gasteiger partial charge in [0.25, 0.3) is 5.91 Å². The van der Waals surface area contributed by atoms with Gasteiger partial charge >= 0.3 is 5.97 Å². The van der Waals surface area contributed by atoms with Crippen molar-refractivity contribution < 1.29 is 14.3 Å². The lowest BCUT2D eigenvalue weighted by Crippen LogP contribution is -2.35. The highest BCUT2D eigenvalue weighted by Crippen LogP contribution is 2.29. The molecule has 3 rings (SSSR count). The molecule has 28 heavy (non-hydrogen) atoms. The Bertz CT molecular complexity index is 1020. The average Bonchev–Trinajstić information content (AvgIpc) is 3.23. The molecule has 0 bridgehead atoms. The van der Waals surface area contributed by atoms with E-state index in [0.717, 1.165) is 21.5 Å². The zero-order valence-corrected chi connectivity index (χ0v) is 17.1. The van der Waals surface area contributed by atoms with Gasteiger partial charge in [-0.2, -0.15) is 5.10 Å². The van der Waals surface area contributed by atoms with Crippen LogP contribution in [0, 0.1) is 6.92 Å². The second kappa shape index (κ2) is 8.58. The molecular formula is C20H20ClN3O3S. The molecule has 1 N–H and O–H groups in total. The number of nitrogens with one attached hydrogen (secondary N) is 1. The molecule has 1 atom stereocenters. The van der Waals surface area contributed by atoms with Gasteiger partial charge in [-0.1, -0.05) is 29.8 Å². The van der Waals surface area contributed by atoms with Crippen molar-refractivity contribution in [3.05, 3.63) is 64.1 Å². The number of fused-ring (bicyclic) bond motifs is 1. The molecule has 0 aliphatic rings. The van der Waals surface area contributed by atoms with E-state index in [1.54, 1.807) is 12.1 Å². The van der Waals surface area contributed by atoms with Gasteiger partial charge in [0.15, 0.2) is 6.10 Å². The molecule has 0 saturated carbocycles. The van der Waals surface area contributed by atoms with Crippen molar-refractivity contribution in [2.45, 2.75) is 26.5 Å². The van der Waals surface area contributed by atoms with E-state index in [4.69, 9.17) is 16.3 Å². The third-order valence-corrected chi connectivity index (χ3v) is 5.51. The topological polar surface area (TPSA) is 73.2 Å². The Morgan fingerprint density at radius 1 is 1.39 bits per heavy atom. The summed E-state index contributed by atoms with van der Waals surface area (Å²) in [4.78, 5) is 25.6. The third kappa shape index (κ3) is 4.43. The normalized spacial score (nSPS) is 12.0. The Labute approximate surface area is 171 Å².